The molecule has 1 aliphatic carbocycles. The summed E-state index contributed by atoms with van der Waals surface area (Å²) < 4.78 is 0. The maximum Gasteiger partial charge on any atom is 0.0448 e. The molecular formula is C21H23N. The Kier molecular flexibility index (Phi) is 3.11. The molecule has 0 amide bonds. The summed E-state index contributed by atoms with van der Waals surface area (Å²) in [5, 5.41) is 0. The minimum absolute atomic E-state index is 0.179. The van der Waals surface area contributed by atoms with Crippen LogP contribution in [0.1, 0.15) is 36.0 Å². The van der Waals surface area contributed by atoms with E-state index in [9.17, 15) is 0 Å². The number of hydrogen-bond acceptors (Lipinski definition) is 1. The lowest BCUT2D eigenvalue weighted by Gasteiger charge is -2.36. The third-order valence-corrected chi connectivity index (χ3v) is 5.40. The van der Waals surface area contributed by atoms with Gasteiger partial charge < -0.3 is 4.90 Å². The van der Waals surface area contributed by atoms with Gasteiger partial charge in [-0.05, 0) is 49.8 Å². The molecule has 0 bridgehead atoms. The number of nitrogens with zero attached hydrogens (tertiary/aromatic N) is 1. The molecule has 1 unspecified atom stereocenters. The molecule has 1 aliphatic heterocycles. The zero-order valence-electron chi connectivity index (χ0n) is 13.5. The summed E-state index contributed by atoms with van der Waals surface area (Å²) in [5.74, 6) is 0. The van der Waals surface area contributed by atoms with Crippen LogP contribution in [0.15, 0.2) is 60.3 Å². The maximum atomic E-state index is 2.47. The number of fused-ring (bicyclic) bond motifs is 3. The monoisotopic (exact) mass is 289 g/mol. The van der Waals surface area contributed by atoms with Crippen LogP contribution < -0.4 is 4.90 Å². The number of benzene rings is 2. The van der Waals surface area contributed by atoms with Crippen molar-refractivity contribution in [2.24, 2.45) is 0 Å². The van der Waals surface area contributed by atoms with E-state index in [1.807, 2.05) is 0 Å². The van der Waals surface area contributed by atoms with Gasteiger partial charge >= 0.3 is 0 Å². The topological polar surface area (TPSA) is 3.24 Å². The molecule has 22 heavy (non-hydrogen) atoms. The summed E-state index contributed by atoms with van der Waals surface area (Å²) in [6, 6.07) is 18.0. The Hall–Kier alpha value is -2.02. The fourth-order valence-electron chi connectivity index (χ4n) is 4.33. The molecule has 1 heterocycles. The fourth-order valence-corrected chi connectivity index (χ4v) is 4.33. The van der Waals surface area contributed by atoms with Crippen LogP contribution in [0.4, 0.5) is 5.69 Å². The minimum Gasteiger partial charge on any atom is -0.347 e. The summed E-state index contributed by atoms with van der Waals surface area (Å²) >= 11 is 0. The second-order valence-corrected chi connectivity index (χ2v) is 6.80. The summed E-state index contributed by atoms with van der Waals surface area (Å²) in [6.45, 7) is 2.16. The third kappa shape index (κ3) is 1.92. The lowest BCUT2D eigenvalue weighted by molar-refractivity contribution is 0.433. The molecule has 2 aromatic rings. The molecule has 2 aromatic carbocycles. The van der Waals surface area contributed by atoms with Crippen molar-refractivity contribution >= 4 is 5.69 Å². The number of aryl methyl sites for hydroxylation is 1. The number of para-hydroxylation sites is 1. The van der Waals surface area contributed by atoms with Gasteiger partial charge in [0.2, 0.25) is 0 Å². The molecule has 0 fully saturated rings. The van der Waals surface area contributed by atoms with Gasteiger partial charge in [-0.15, -0.1) is 0 Å². The predicted octanol–water partition coefficient (Wildman–Crippen LogP) is 4.99. The van der Waals surface area contributed by atoms with Gasteiger partial charge in [0, 0.05) is 23.8 Å². The maximum absolute atomic E-state index is 2.47. The Morgan fingerprint density at radius 2 is 1.82 bits per heavy atom. The smallest absolute Gasteiger partial charge is 0.0448 e. The first-order valence-corrected chi connectivity index (χ1v) is 8.30. The van der Waals surface area contributed by atoms with Crippen LogP contribution in [-0.4, -0.2) is 7.05 Å². The zero-order valence-corrected chi connectivity index (χ0v) is 13.5. The zero-order chi connectivity index (χ0) is 15.2. The molecule has 4 rings (SSSR count). The van der Waals surface area contributed by atoms with E-state index in [2.05, 4.69) is 73.5 Å². The molecule has 112 valence electrons. The predicted molar refractivity (Wildman–Crippen MR) is 93.3 cm³/mol. The summed E-state index contributed by atoms with van der Waals surface area (Å²) in [7, 11) is 2.23. The second kappa shape index (κ2) is 5.01. The van der Waals surface area contributed by atoms with Crippen LogP contribution in [0.5, 0.6) is 0 Å². The molecule has 2 aliphatic rings. The summed E-state index contributed by atoms with van der Waals surface area (Å²) in [6.07, 6.45) is 7.34. The first kappa shape index (κ1) is 13.6. The quantitative estimate of drug-likeness (QED) is 0.752. The second-order valence-electron chi connectivity index (χ2n) is 6.80. The van der Waals surface area contributed by atoms with Gasteiger partial charge in [-0.2, -0.15) is 0 Å². The standard InChI is InChI=1S/C21H23N/c1-16-10-12-17(13-11-16)15-21-14-6-5-9-20(21)22(2)19-8-4-3-7-18(19)21/h3-4,7-13H,5-6,14-15H2,1-2H3. The summed E-state index contributed by atoms with van der Waals surface area (Å²) in [5.41, 5.74) is 7.39. The molecule has 0 aromatic heterocycles. The summed E-state index contributed by atoms with van der Waals surface area (Å²) in [4.78, 5) is 2.42. The minimum atomic E-state index is 0.179. The first-order chi connectivity index (χ1) is 10.7. The first-order valence-electron chi connectivity index (χ1n) is 8.30. The number of allylic oxidation sites excluding steroid dienone is 2. The van der Waals surface area contributed by atoms with E-state index in [0.717, 1.165) is 6.42 Å². The Morgan fingerprint density at radius 1 is 1.05 bits per heavy atom. The highest BCUT2D eigenvalue weighted by molar-refractivity contribution is 5.71. The average Bonchev–Trinajstić information content (AvgIpc) is 2.80. The lowest BCUT2D eigenvalue weighted by Crippen LogP contribution is -2.34. The van der Waals surface area contributed by atoms with E-state index in [1.165, 1.54) is 47.3 Å². The van der Waals surface area contributed by atoms with E-state index in [1.54, 1.807) is 0 Å². The van der Waals surface area contributed by atoms with Crippen LogP contribution in [0, 0.1) is 6.92 Å². The van der Waals surface area contributed by atoms with Crippen molar-refractivity contribution in [1.82, 2.24) is 0 Å². The van der Waals surface area contributed by atoms with Crippen LogP contribution in [-0.2, 0) is 11.8 Å². The molecule has 0 N–H and O–H groups in total. The van der Waals surface area contributed by atoms with Crippen molar-refractivity contribution in [3.05, 3.63) is 77.0 Å². The van der Waals surface area contributed by atoms with Gasteiger partial charge in [0.1, 0.15) is 0 Å². The largest absolute Gasteiger partial charge is 0.347 e. The van der Waals surface area contributed by atoms with Crippen molar-refractivity contribution in [3.63, 3.8) is 0 Å². The SMILES string of the molecule is Cc1ccc(CC23CCCC=C2N(C)c2ccccc23)cc1. The Balaban J connectivity index is 1.84. The highest BCUT2D eigenvalue weighted by Crippen LogP contribution is 2.53. The number of anilines is 1. The molecule has 1 heteroatoms. The van der Waals surface area contributed by atoms with Crippen molar-refractivity contribution in [3.8, 4) is 0 Å². The highest BCUT2D eigenvalue weighted by atomic mass is 15.2. The molecule has 0 saturated carbocycles. The van der Waals surface area contributed by atoms with Gasteiger partial charge in [-0.3, -0.25) is 0 Å². The molecule has 0 radical (unpaired) electrons. The van der Waals surface area contributed by atoms with Gasteiger partial charge in [-0.25, -0.2) is 0 Å². The van der Waals surface area contributed by atoms with Crippen LogP contribution in [0.2, 0.25) is 0 Å². The normalized spacial score (nSPS) is 23.0. The van der Waals surface area contributed by atoms with E-state index in [4.69, 9.17) is 0 Å². The van der Waals surface area contributed by atoms with Crippen molar-refractivity contribution in [2.45, 2.75) is 38.0 Å². The Morgan fingerprint density at radius 3 is 2.64 bits per heavy atom. The van der Waals surface area contributed by atoms with E-state index >= 15 is 0 Å². The molecule has 1 atom stereocenters. The van der Waals surface area contributed by atoms with Crippen LogP contribution in [0.25, 0.3) is 0 Å². The van der Waals surface area contributed by atoms with E-state index in [0.29, 0.717) is 0 Å². The van der Waals surface area contributed by atoms with Crippen molar-refractivity contribution < 1.29 is 0 Å². The number of hydrogen-bond donors (Lipinski definition) is 0. The average molecular weight is 289 g/mol. The highest BCUT2D eigenvalue weighted by Gasteiger charge is 2.46. The van der Waals surface area contributed by atoms with Crippen LogP contribution in [0.3, 0.4) is 0 Å². The Labute approximate surface area is 133 Å². The van der Waals surface area contributed by atoms with Crippen molar-refractivity contribution in [2.75, 3.05) is 11.9 Å². The van der Waals surface area contributed by atoms with Gasteiger partial charge in [0.15, 0.2) is 0 Å². The Bertz CT molecular complexity index is 726. The van der Waals surface area contributed by atoms with Crippen molar-refractivity contribution in [1.29, 1.82) is 0 Å². The molecule has 0 spiro atoms. The number of rotatable bonds is 2. The third-order valence-electron chi connectivity index (χ3n) is 5.40. The van der Waals surface area contributed by atoms with Crippen LogP contribution >= 0.6 is 0 Å². The van der Waals surface area contributed by atoms with Gasteiger partial charge in [0.25, 0.3) is 0 Å². The van der Waals surface area contributed by atoms with Gasteiger partial charge in [-0.1, -0.05) is 54.1 Å². The lowest BCUT2D eigenvalue weighted by atomic mass is 9.69. The number of likely N-dealkylation sites (N-methyl/N-ethyl adjacent to an activating group) is 1. The molecular weight excluding hydrogens is 266 g/mol. The van der Waals surface area contributed by atoms with E-state index < -0.39 is 0 Å². The fraction of sp³-hybridized carbons (Fsp3) is 0.333. The van der Waals surface area contributed by atoms with E-state index in [-0.39, 0.29) is 5.41 Å². The van der Waals surface area contributed by atoms with Gasteiger partial charge in [0.05, 0.1) is 0 Å². The molecule has 0 saturated heterocycles. The molecule has 1 nitrogen and oxygen atoms in total.